The van der Waals surface area contributed by atoms with E-state index in [1.165, 1.54) is 0 Å². The first-order valence-electron chi connectivity index (χ1n) is 5.26. The van der Waals surface area contributed by atoms with Crippen molar-refractivity contribution >= 4 is 59.4 Å². The minimum absolute atomic E-state index is 0.0197. The minimum atomic E-state index is -0.0718. The fourth-order valence-corrected chi connectivity index (χ4v) is 4.24. The summed E-state index contributed by atoms with van der Waals surface area (Å²) in [6.45, 7) is 0.917. The van der Waals surface area contributed by atoms with E-state index in [1.54, 1.807) is 0 Å². The van der Waals surface area contributed by atoms with E-state index < -0.39 is 0 Å². The molecule has 0 aliphatic carbocycles. The van der Waals surface area contributed by atoms with E-state index in [4.69, 9.17) is 0 Å². The Balaban J connectivity index is 2.15. The second-order valence-electron chi connectivity index (χ2n) is 3.88. The predicted octanol–water partition coefficient (Wildman–Crippen LogP) is 3.66. The number of hydrogen-bond acceptors (Lipinski definition) is 2. The Hall–Kier alpha value is 0.0900. The highest BCUT2D eigenvalue weighted by atomic mass is 79.9. The first-order valence-corrected chi connectivity index (χ1v) is 7.64. The molecule has 2 N–H and O–H groups in total. The quantitative estimate of drug-likeness (QED) is 0.757. The molecule has 1 aliphatic rings. The molecule has 1 saturated heterocycles. The smallest absolute Gasteiger partial charge is 0.241 e. The van der Waals surface area contributed by atoms with Gasteiger partial charge in [0.15, 0.2) is 0 Å². The van der Waals surface area contributed by atoms with E-state index in [0.717, 1.165) is 38.5 Å². The first-order chi connectivity index (χ1) is 8.08. The Labute approximate surface area is 125 Å². The molecule has 0 bridgehead atoms. The summed E-state index contributed by atoms with van der Waals surface area (Å²) in [6.07, 6.45) is 1.96. The summed E-state index contributed by atoms with van der Waals surface area (Å²) in [7, 11) is 0. The highest BCUT2D eigenvalue weighted by Crippen LogP contribution is 2.34. The van der Waals surface area contributed by atoms with Crippen LogP contribution in [-0.2, 0) is 4.79 Å². The molecule has 1 amide bonds. The standard InChI is InChI=1S/C11H11Br3N2O/c12-6-4-7(13)10(8(14)5-6)16-11(17)9-2-1-3-15-9/h4-5,9,15H,1-3H2,(H,16,17)/t9-/m1/s1. The molecule has 92 valence electrons. The Kier molecular flexibility index (Phi) is 4.63. The molecule has 1 atom stereocenters. The summed E-state index contributed by atoms with van der Waals surface area (Å²) in [4.78, 5) is 12.0. The van der Waals surface area contributed by atoms with Gasteiger partial charge in [0, 0.05) is 13.4 Å². The Morgan fingerprint density at radius 2 is 1.94 bits per heavy atom. The maximum absolute atomic E-state index is 12.0. The van der Waals surface area contributed by atoms with Crippen LogP contribution in [0.1, 0.15) is 12.8 Å². The number of amides is 1. The SMILES string of the molecule is O=C(Nc1c(Br)cc(Br)cc1Br)[C@H]1CCCN1. The number of hydrogen-bond donors (Lipinski definition) is 2. The molecule has 0 aromatic heterocycles. The van der Waals surface area contributed by atoms with Gasteiger partial charge in [-0.15, -0.1) is 0 Å². The van der Waals surface area contributed by atoms with Crippen LogP contribution in [0.25, 0.3) is 0 Å². The highest BCUT2D eigenvalue weighted by Gasteiger charge is 2.23. The number of halogens is 3. The largest absolute Gasteiger partial charge is 0.323 e. The number of carbonyl (C=O) groups excluding carboxylic acids is 1. The van der Waals surface area contributed by atoms with Gasteiger partial charge < -0.3 is 10.6 Å². The molecule has 1 fully saturated rings. The number of rotatable bonds is 2. The van der Waals surface area contributed by atoms with E-state index in [9.17, 15) is 4.79 Å². The molecule has 1 heterocycles. The molecule has 2 rings (SSSR count). The summed E-state index contributed by atoms with van der Waals surface area (Å²) in [5.74, 6) is 0.0197. The molecule has 0 radical (unpaired) electrons. The van der Waals surface area contributed by atoms with Gasteiger partial charge in [-0.1, -0.05) is 15.9 Å². The first kappa shape index (κ1) is 13.5. The van der Waals surface area contributed by atoms with Gasteiger partial charge in [0.25, 0.3) is 0 Å². The third kappa shape index (κ3) is 3.30. The van der Waals surface area contributed by atoms with E-state index in [1.807, 2.05) is 12.1 Å². The zero-order valence-corrected chi connectivity index (χ0v) is 13.7. The van der Waals surface area contributed by atoms with Crippen molar-refractivity contribution in [2.75, 3.05) is 11.9 Å². The summed E-state index contributed by atoms with van der Waals surface area (Å²) >= 11 is 10.3. The van der Waals surface area contributed by atoms with E-state index in [2.05, 4.69) is 58.4 Å². The lowest BCUT2D eigenvalue weighted by Crippen LogP contribution is -2.35. The van der Waals surface area contributed by atoms with Crippen LogP contribution in [0.4, 0.5) is 5.69 Å². The van der Waals surface area contributed by atoms with Crippen molar-refractivity contribution in [3.05, 3.63) is 25.6 Å². The normalized spacial score (nSPS) is 19.4. The number of carbonyl (C=O) groups is 1. The third-order valence-corrected chi connectivity index (χ3v) is 4.34. The Morgan fingerprint density at radius 1 is 1.29 bits per heavy atom. The number of benzene rings is 1. The van der Waals surface area contributed by atoms with Crippen LogP contribution in [0, 0.1) is 0 Å². The molecule has 0 unspecified atom stereocenters. The van der Waals surface area contributed by atoms with Crippen LogP contribution >= 0.6 is 47.8 Å². The molecule has 17 heavy (non-hydrogen) atoms. The van der Waals surface area contributed by atoms with Crippen molar-refractivity contribution in [3.63, 3.8) is 0 Å². The van der Waals surface area contributed by atoms with Crippen LogP contribution in [-0.4, -0.2) is 18.5 Å². The van der Waals surface area contributed by atoms with Gasteiger partial charge in [-0.3, -0.25) is 4.79 Å². The highest BCUT2D eigenvalue weighted by molar-refractivity contribution is 9.11. The molecule has 6 heteroatoms. The lowest BCUT2D eigenvalue weighted by atomic mass is 10.2. The van der Waals surface area contributed by atoms with Crippen LogP contribution in [0.5, 0.6) is 0 Å². The van der Waals surface area contributed by atoms with Gasteiger partial charge >= 0.3 is 0 Å². The molecule has 1 aromatic rings. The van der Waals surface area contributed by atoms with Gasteiger partial charge in [0.1, 0.15) is 0 Å². The maximum Gasteiger partial charge on any atom is 0.241 e. The van der Waals surface area contributed by atoms with Gasteiger partial charge in [-0.05, 0) is 63.4 Å². The molecular weight excluding hydrogens is 416 g/mol. The van der Waals surface area contributed by atoms with Crippen molar-refractivity contribution in [1.82, 2.24) is 5.32 Å². The molecule has 0 spiro atoms. The molecule has 1 aliphatic heterocycles. The second kappa shape index (κ2) is 5.82. The van der Waals surface area contributed by atoms with Crippen molar-refractivity contribution in [3.8, 4) is 0 Å². The summed E-state index contributed by atoms with van der Waals surface area (Å²) in [5, 5.41) is 6.11. The van der Waals surface area contributed by atoms with Gasteiger partial charge in [-0.2, -0.15) is 0 Å². The van der Waals surface area contributed by atoms with Gasteiger partial charge in [0.05, 0.1) is 11.7 Å². The van der Waals surface area contributed by atoms with Gasteiger partial charge in [-0.25, -0.2) is 0 Å². The average molecular weight is 427 g/mol. The monoisotopic (exact) mass is 424 g/mol. The van der Waals surface area contributed by atoms with Crippen LogP contribution in [0.15, 0.2) is 25.6 Å². The maximum atomic E-state index is 12.0. The summed E-state index contributed by atoms with van der Waals surface area (Å²) in [5.41, 5.74) is 0.770. The van der Waals surface area contributed by atoms with Crippen LogP contribution in [0.2, 0.25) is 0 Å². The van der Waals surface area contributed by atoms with Crippen molar-refractivity contribution in [1.29, 1.82) is 0 Å². The van der Waals surface area contributed by atoms with Crippen molar-refractivity contribution in [2.45, 2.75) is 18.9 Å². The van der Waals surface area contributed by atoms with E-state index in [-0.39, 0.29) is 11.9 Å². The fraction of sp³-hybridized carbons (Fsp3) is 0.364. The van der Waals surface area contributed by atoms with E-state index in [0.29, 0.717) is 0 Å². The fourth-order valence-electron chi connectivity index (χ4n) is 1.78. The zero-order chi connectivity index (χ0) is 12.4. The molecule has 3 nitrogen and oxygen atoms in total. The van der Waals surface area contributed by atoms with Crippen molar-refractivity contribution in [2.24, 2.45) is 0 Å². The Morgan fingerprint density at radius 3 is 2.47 bits per heavy atom. The third-order valence-electron chi connectivity index (χ3n) is 2.63. The number of anilines is 1. The molecular formula is C11H11Br3N2O. The summed E-state index contributed by atoms with van der Waals surface area (Å²) in [6, 6.07) is 3.74. The summed E-state index contributed by atoms with van der Waals surface area (Å²) < 4.78 is 2.66. The number of nitrogens with one attached hydrogen (secondary N) is 2. The van der Waals surface area contributed by atoms with Crippen LogP contribution < -0.4 is 10.6 Å². The lowest BCUT2D eigenvalue weighted by molar-refractivity contribution is -0.117. The van der Waals surface area contributed by atoms with Gasteiger partial charge in [0.2, 0.25) is 5.91 Å². The lowest BCUT2D eigenvalue weighted by Gasteiger charge is -2.14. The zero-order valence-electron chi connectivity index (χ0n) is 8.90. The van der Waals surface area contributed by atoms with Crippen LogP contribution in [0.3, 0.4) is 0 Å². The predicted molar refractivity (Wildman–Crippen MR) is 79.2 cm³/mol. The minimum Gasteiger partial charge on any atom is -0.323 e. The molecule has 0 saturated carbocycles. The second-order valence-corrected chi connectivity index (χ2v) is 6.51. The van der Waals surface area contributed by atoms with E-state index >= 15 is 0 Å². The molecule has 1 aromatic carbocycles. The van der Waals surface area contributed by atoms with Crippen molar-refractivity contribution < 1.29 is 4.79 Å². The topological polar surface area (TPSA) is 41.1 Å². The average Bonchev–Trinajstić information content (AvgIpc) is 2.76. The Bertz CT molecular complexity index is 421.